The maximum absolute atomic E-state index is 13.6. The van der Waals surface area contributed by atoms with Gasteiger partial charge in [0.1, 0.15) is 5.82 Å². The molecule has 0 radical (unpaired) electrons. The summed E-state index contributed by atoms with van der Waals surface area (Å²) in [5.41, 5.74) is 2.84. The van der Waals surface area contributed by atoms with Gasteiger partial charge in [0.05, 0.1) is 26.1 Å². The van der Waals surface area contributed by atoms with Crippen LogP contribution in [0.25, 0.3) is 11.2 Å². The largest absolute Gasteiger partial charge is 0.529 e. The van der Waals surface area contributed by atoms with Gasteiger partial charge in [-0.1, -0.05) is 25.0 Å². The van der Waals surface area contributed by atoms with E-state index in [9.17, 15) is 9.13 Å². The summed E-state index contributed by atoms with van der Waals surface area (Å²) < 4.78 is 45.2. The Kier molecular flexibility index (Phi) is 9.66. The van der Waals surface area contributed by atoms with E-state index in [-0.39, 0.29) is 25.9 Å². The summed E-state index contributed by atoms with van der Waals surface area (Å²) in [6, 6.07) is 7.43. The SMILES string of the molecule is CCO[P+](=O)C(c1ccc(Nc2nc(C3CCCC3)nc3c2ncn3C(C)C)cc1)P(=O)(OCC)OCC. The predicted molar refractivity (Wildman–Crippen MR) is 149 cm³/mol. The number of rotatable bonds is 13. The fourth-order valence-corrected chi connectivity index (χ4v) is 8.75. The van der Waals surface area contributed by atoms with Crippen LogP contribution in [0.2, 0.25) is 0 Å². The number of imidazole rings is 1. The van der Waals surface area contributed by atoms with Crippen LogP contribution >= 0.6 is 15.6 Å². The third kappa shape index (κ3) is 6.16. The topological polar surface area (TPSA) is 117 Å². The Bertz CT molecular complexity index is 1280. The lowest BCUT2D eigenvalue weighted by Crippen LogP contribution is -2.08. The molecule has 3 aromatic rings. The quantitative estimate of drug-likeness (QED) is 0.208. The van der Waals surface area contributed by atoms with E-state index in [1.165, 1.54) is 12.8 Å². The molecule has 38 heavy (non-hydrogen) atoms. The minimum atomic E-state index is -3.74. The Labute approximate surface area is 225 Å². The molecule has 10 nitrogen and oxygen atoms in total. The first-order valence-electron chi connectivity index (χ1n) is 13.4. The molecule has 0 saturated heterocycles. The summed E-state index contributed by atoms with van der Waals surface area (Å²) in [5.74, 6) is 1.84. The highest BCUT2D eigenvalue weighted by atomic mass is 31.2. The zero-order chi connectivity index (χ0) is 27.3. The summed E-state index contributed by atoms with van der Waals surface area (Å²) in [6.45, 7) is 9.97. The van der Waals surface area contributed by atoms with Crippen molar-refractivity contribution in [2.75, 3.05) is 25.1 Å². The lowest BCUT2D eigenvalue weighted by molar-refractivity contribution is 0.216. The zero-order valence-corrected chi connectivity index (χ0v) is 24.6. The third-order valence-corrected chi connectivity index (χ3v) is 11.3. The fourth-order valence-electron chi connectivity index (χ4n) is 4.80. The first-order valence-corrected chi connectivity index (χ1v) is 16.3. The standard InChI is InChI=1S/C26H38N5O5P2/c1-6-34-37(32)26(38(33,35-7-2)36-8-3)20-13-15-21(16-14-20)28-24-22-25(31(17-27-22)18(4)5)30-23(29-24)19-11-9-10-12-19/h13-19,26H,6-12H2,1-5H3,(H,28,29,30)/q+1. The molecule has 2 unspecified atom stereocenters. The van der Waals surface area contributed by atoms with Crippen LogP contribution in [0.4, 0.5) is 11.5 Å². The van der Waals surface area contributed by atoms with Gasteiger partial charge in [-0.15, -0.1) is 4.52 Å². The van der Waals surface area contributed by atoms with Crippen LogP contribution in [-0.2, 0) is 22.7 Å². The molecule has 0 spiro atoms. The molecule has 1 aliphatic carbocycles. The van der Waals surface area contributed by atoms with Crippen LogP contribution in [0.3, 0.4) is 0 Å². The second kappa shape index (κ2) is 12.8. The van der Waals surface area contributed by atoms with Crippen LogP contribution < -0.4 is 5.32 Å². The van der Waals surface area contributed by atoms with E-state index in [2.05, 4.69) is 28.7 Å². The minimum Gasteiger partial charge on any atom is -0.338 e. The summed E-state index contributed by atoms with van der Waals surface area (Å²) in [5, 5.41) is 2.38. The van der Waals surface area contributed by atoms with Gasteiger partial charge in [-0.2, -0.15) is 0 Å². The minimum absolute atomic E-state index is 0.165. The Morgan fingerprint density at radius 3 is 2.29 bits per heavy atom. The van der Waals surface area contributed by atoms with Crippen molar-refractivity contribution < 1.29 is 22.7 Å². The highest BCUT2D eigenvalue weighted by Crippen LogP contribution is 2.70. The molecule has 12 heteroatoms. The molecule has 1 fully saturated rings. The molecule has 2 aromatic heterocycles. The van der Waals surface area contributed by atoms with Gasteiger partial charge in [0, 0.05) is 23.2 Å². The van der Waals surface area contributed by atoms with Crippen LogP contribution in [-0.4, -0.2) is 39.3 Å². The van der Waals surface area contributed by atoms with E-state index in [1.54, 1.807) is 32.9 Å². The van der Waals surface area contributed by atoms with E-state index in [4.69, 9.17) is 23.5 Å². The predicted octanol–water partition coefficient (Wildman–Crippen LogP) is 7.85. The van der Waals surface area contributed by atoms with E-state index in [1.807, 2.05) is 18.5 Å². The third-order valence-electron chi connectivity index (χ3n) is 6.56. The number of hydrogen-bond donors (Lipinski definition) is 1. The van der Waals surface area contributed by atoms with Crippen molar-refractivity contribution in [2.45, 2.75) is 77.7 Å². The number of benzene rings is 1. The van der Waals surface area contributed by atoms with Gasteiger partial charge in [-0.25, -0.2) is 15.0 Å². The maximum atomic E-state index is 13.6. The van der Waals surface area contributed by atoms with Crippen LogP contribution in [0.1, 0.15) is 89.0 Å². The molecule has 2 heterocycles. The highest BCUT2D eigenvalue weighted by molar-refractivity contribution is 7.66. The van der Waals surface area contributed by atoms with Crippen molar-refractivity contribution in [3.63, 3.8) is 0 Å². The molecule has 0 aliphatic heterocycles. The van der Waals surface area contributed by atoms with Crippen molar-refractivity contribution >= 4 is 38.3 Å². The van der Waals surface area contributed by atoms with E-state index in [0.717, 1.165) is 30.0 Å². The number of nitrogens with zero attached hydrogens (tertiary/aromatic N) is 4. The van der Waals surface area contributed by atoms with Crippen molar-refractivity contribution in [1.82, 2.24) is 19.5 Å². The molecule has 2 atom stereocenters. The Hall–Kier alpha value is -2.22. The molecule has 206 valence electrons. The molecule has 1 N–H and O–H groups in total. The van der Waals surface area contributed by atoms with Crippen molar-refractivity contribution in [1.29, 1.82) is 0 Å². The van der Waals surface area contributed by atoms with Gasteiger partial charge in [0.15, 0.2) is 17.0 Å². The maximum Gasteiger partial charge on any atom is 0.529 e. The Morgan fingerprint density at radius 2 is 1.71 bits per heavy atom. The average molecular weight is 563 g/mol. The second-order valence-corrected chi connectivity index (χ2v) is 13.4. The summed E-state index contributed by atoms with van der Waals surface area (Å²) >= 11 is 0. The second-order valence-electron chi connectivity index (χ2n) is 9.53. The molecule has 0 bridgehead atoms. The van der Waals surface area contributed by atoms with Gasteiger partial charge in [-0.05, 0) is 64.2 Å². The molecule has 1 aromatic carbocycles. The molecular formula is C26H38N5O5P2+. The molecular weight excluding hydrogens is 524 g/mol. The van der Waals surface area contributed by atoms with Crippen molar-refractivity contribution in [3.05, 3.63) is 42.0 Å². The van der Waals surface area contributed by atoms with Crippen LogP contribution in [0.5, 0.6) is 0 Å². The smallest absolute Gasteiger partial charge is 0.338 e. The summed E-state index contributed by atoms with van der Waals surface area (Å²) in [4.78, 5) is 14.4. The summed E-state index contributed by atoms with van der Waals surface area (Å²) in [6.07, 6.45) is 6.38. The first kappa shape index (κ1) is 28.8. The normalized spacial score (nSPS) is 15.9. The number of aromatic nitrogens is 4. The molecule has 0 amide bonds. The average Bonchev–Trinajstić information content (AvgIpc) is 3.56. The van der Waals surface area contributed by atoms with Gasteiger partial charge >= 0.3 is 21.0 Å². The summed E-state index contributed by atoms with van der Waals surface area (Å²) in [7, 11) is -6.08. The van der Waals surface area contributed by atoms with Crippen molar-refractivity contribution in [3.8, 4) is 0 Å². The number of fused-ring (bicyclic) bond motifs is 1. The lowest BCUT2D eigenvalue weighted by atomic mass is 10.1. The zero-order valence-electron chi connectivity index (χ0n) is 22.8. The number of nitrogens with one attached hydrogen (secondary N) is 1. The van der Waals surface area contributed by atoms with Gasteiger partial charge in [-0.3, -0.25) is 4.57 Å². The molecule has 4 rings (SSSR count). The Balaban J connectivity index is 1.69. The monoisotopic (exact) mass is 562 g/mol. The van der Waals surface area contributed by atoms with Crippen LogP contribution in [0.15, 0.2) is 30.6 Å². The first-order chi connectivity index (χ1) is 18.3. The number of anilines is 2. The highest BCUT2D eigenvalue weighted by Gasteiger charge is 2.52. The molecule has 1 saturated carbocycles. The van der Waals surface area contributed by atoms with Crippen molar-refractivity contribution in [2.24, 2.45) is 0 Å². The van der Waals surface area contributed by atoms with Crippen LogP contribution in [0, 0.1) is 0 Å². The van der Waals surface area contributed by atoms with Gasteiger partial charge < -0.3 is 18.9 Å². The van der Waals surface area contributed by atoms with Gasteiger partial charge in [0.2, 0.25) is 0 Å². The van der Waals surface area contributed by atoms with E-state index < -0.39 is 21.0 Å². The van der Waals surface area contributed by atoms with E-state index >= 15 is 0 Å². The van der Waals surface area contributed by atoms with E-state index in [0.29, 0.717) is 22.8 Å². The molecule has 1 aliphatic rings. The van der Waals surface area contributed by atoms with Gasteiger partial charge in [0.25, 0.3) is 0 Å². The lowest BCUT2D eigenvalue weighted by Gasteiger charge is -2.19. The Morgan fingerprint density at radius 1 is 1.05 bits per heavy atom. The number of hydrogen-bond acceptors (Lipinski definition) is 9. The fraction of sp³-hybridized carbons (Fsp3) is 0.577.